The number of ether oxygens (including phenoxy) is 1. The van der Waals surface area contributed by atoms with Crippen LogP contribution in [0, 0.1) is 0 Å². The number of thioether (sulfide) groups is 1. The molecule has 20 heavy (non-hydrogen) atoms. The van der Waals surface area contributed by atoms with E-state index in [4.69, 9.17) is 33.0 Å². The predicted octanol–water partition coefficient (Wildman–Crippen LogP) is 2.36. The number of rotatable bonds is 4. The van der Waals surface area contributed by atoms with Gasteiger partial charge >= 0.3 is 5.97 Å². The zero-order valence-electron chi connectivity index (χ0n) is 10.2. The lowest BCUT2D eigenvalue weighted by Crippen LogP contribution is -2.43. The lowest BCUT2D eigenvalue weighted by molar-refractivity contribution is -0.148. The van der Waals surface area contributed by atoms with E-state index in [2.05, 4.69) is 0 Å². The first-order chi connectivity index (χ1) is 9.49. The number of hydrogen-bond donors (Lipinski definition) is 1. The molecule has 108 valence electrons. The van der Waals surface area contributed by atoms with Crippen LogP contribution in [0.3, 0.4) is 0 Å². The van der Waals surface area contributed by atoms with Gasteiger partial charge in [-0.15, -0.1) is 11.8 Å². The zero-order chi connectivity index (χ0) is 14.7. The maximum Gasteiger partial charge on any atom is 0.327 e. The summed E-state index contributed by atoms with van der Waals surface area (Å²) < 4.78 is 5.31. The third-order valence-corrected chi connectivity index (χ3v) is 4.29. The Bertz CT molecular complexity index is 540. The van der Waals surface area contributed by atoms with Gasteiger partial charge in [-0.05, 0) is 12.1 Å². The summed E-state index contributed by atoms with van der Waals surface area (Å²) in [5.74, 6) is -0.365. The Balaban J connectivity index is 1.98. The lowest BCUT2D eigenvalue weighted by Gasteiger charge is -2.20. The van der Waals surface area contributed by atoms with Gasteiger partial charge < -0.3 is 14.7 Å². The molecule has 0 radical (unpaired) electrons. The molecule has 1 N–H and O–H groups in total. The molecule has 1 atom stereocenters. The Labute approximate surface area is 129 Å². The molecule has 1 heterocycles. The van der Waals surface area contributed by atoms with Gasteiger partial charge in [-0.3, -0.25) is 4.79 Å². The Hall–Kier alpha value is -1.11. The summed E-state index contributed by atoms with van der Waals surface area (Å²) in [5.41, 5.74) is 0. The standard InChI is InChI=1S/C12H11Cl2NO4S/c13-7-1-2-8(14)10(3-7)19-4-11(16)15-6-20-5-9(15)12(17)18/h1-3,9H,4-6H2,(H,17,18). The fourth-order valence-electron chi connectivity index (χ4n) is 1.70. The average Bonchev–Trinajstić information content (AvgIpc) is 2.89. The van der Waals surface area contributed by atoms with Gasteiger partial charge in [0.1, 0.15) is 11.8 Å². The molecule has 1 fully saturated rings. The minimum absolute atomic E-state index is 0.273. The molecule has 1 aromatic rings. The highest BCUT2D eigenvalue weighted by atomic mass is 35.5. The van der Waals surface area contributed by atoms with Gasteiger partial charge in [0.25, 0.3) is 5.91 Å². The van der Waals surface area contributed by atoms with Gasteiger partial charge in [0.15, 0.2) is 6.61 Å². The van der Waals surface area contributed by atoms with Crippen LogP contribution in [0.2, 0.25) is 10.0 Å². The summed E-state index contributed by atoms with van der Waals surface area (Å²) in [7, 11) is 0. The van der Waals surface area contributed by atoms with E-state index in [1.54, 1.807) is 12.1 Å². The smallest absolute Gasteiger partial charge is 0.327 e. The van der Waals surface area contributed by atoms with Crippen molar-refractivity contribution in [2.75, 3.05) is 18.2 Å². The first-order valence-electron chi connectivity index (χ1n) is 5.67. The highest BCUT2D eigenvalue weighted by Crippen LogP contribution is 2.28. The molecular formula is C12H11Cl2NO4S. The second-order valence-electron chi connectivity index (χ2n) is 4.08. The number of carbonyl (C=O) groups is 2. The van der Waals surface area contributed by atoms with Crippen LogP contribution >= 0.6 is 35.0 Å². The second-order valence-corrected chi connectivity index (χ2v) is 5.92. The first-order valence-corrected chi connectivity index (χ1v) is 7.58. The summed E-state index contributed by atoms with van der Waals surface area (Å²) in [5, 5.41) is 9.79. The molecular weight excluding hydrogens is 325 g/mol. The number of halogens is 2. The molecule has 1 amide bonds. The SMILES string of the molecule is O=C(O)C1CSCN1C(=O)COc1cc(Cl)ccc1Cl. The molecule has 1 aliphatic rings. The molecule has 0 aliphatic carbocycles. The van der Waals surface area contributed by atoms with E-state index in [1.807, 2.05) is 0 Å². The molecule has 8 heteroatoms. The summed E-state index contributed by atoms with van der Waals surface area (Å²) in [6, 6.07) is 3.88. The third-order valence-electron chi connectivity index (χ3n) is 2.73. The van der Waals surface area contributed by atoms with Crippen molar-refractivity contribution < 1.29 is 19.4 Å². The molecule has 1 aliphatic heterocycles. The largest absolute Gasteiger partial charge is 0.482 e. The Morgan fingerprint density at radius 3 is 2.90 bits per heavy atom. The fourth-order valence-corrected chi connectivity index (χ4v) is 3.21. The van der Waals surface area contributed by atoms with Crippen LogP contribution in [-0.2, 0) is 9.59 Å². The van der Waals surface area contributed by atoms with E-state index in [0.717, 1.165) is 0 Å². The van der Waals surface area contributed by atoms with Crippen LogP contribution in [0.5, 0.6) is 5.75 Å². The van der Waals surface area contributed by atoms with Crippen LogP contribution in [0.1, 0.15) is 0 Å². The molecule has 0 aromatic heterocycles. The Morgan fingerprint density at radius 2 is 2.20 bits per heavy atom. The van der Waals surface area contributed by atoms with Crippen molar-refractivity contribution in [1.29, 1.82) is 0 Å². The van der Waals surface area contributed by atoms with Crippen molar-refractivity contribution >= 4 is 46.8 Å². The second kappa shape index (κ2) is 6.56. The molecule has 1 saturated heterocycles. The third kappa shape index (κ3) is 3.50. The van der Waals surface area contributed by atoms with E-state index in [0.29, 0.717) is 27.4 Å². The highest BCUT2D eigenvalue weighted by molar-refractivity contribution is 7.99. The van der Waals surface area contributed by atoms with E-state index in [9.17, 15) is 9.59 Å². The van der Waals surface area contributed by atoms with Crippen molar-refractivity contribution in [2.24, 2.45) is 0 Å². The zero-order valence-corrected chi connectivity index (χ0v) is 12.5. The van der Waals surface area contributed by atoms with E-state index in [1.165, 1.54) is 22.7 Å². The van der Waals surface area contributed by atoms with Gasteiger partial charge in [-0.25, -0.2) is 4.79 Å². The maximum absolute atomic E-state index is 12.0. The summed E-state index contributed by atoms with van der Waals surface area (Å²) in [6.45, 7) is -0.273. The van der Waals surface area contributed by atoms with Crippen molar-refractivity contribution in [3.05, 3.63) is 28.2 Å². The number of carbonyl (C=O) groups excluding carboxylic acids is 1. The molecule has 0 bridgehead atoms. The molecule has 1 unspecified atom stereocenters. The van der Waals surface area contributed by atoms with E-state index < -0.39 is 17.9 Å². The quantitative estimate of drug-likeness (QED) is 0.914. The van der Waals surface area contributed by atoms with Gasteiger partial charge in [0, 0.05) is 16.8 Å². The van der Waals surface area contributed by atoms with Crippen LogP contribution in [0.4, 0.5) is 0 Å². The van der Waals surface area contributed by atoms with Crippen molar-refractivity contribution in [2.45, 2.75) is 6.04 Å². The number of amides is 1. The van der Waals surface area contributed by atoms with Crippen LogP contribution in [0.25, 0.3) is 0 Å². The number of hydrogen-bond acceptors (Lipinski definition) is 4. The lowest BCUT2D eigenvalue weighted by atomic mass is 10.3. The minimum atomic E-state index is -1.01. The molecule has 2 rings (SSSR count). The number of aliphatic carboxylic acids is 1. The number of benzene rings is 1. The topological polar surface area (TPSA) is 66.8 Å². The number of carboxylic acids is 1. The highest BCUT2D eigenvalue weighted by Gasteiger charge is 2.34. The molecule has 0 saturated carbocycles. The minimum Gasteiger partial charge on any atom is -0.482 e. The summed E-state index contributed by atoms with van der Waals surface area (Å²) in [6.07, 6.45) is 0. The first kappa shape index (κ1) is 15.3. The number of nitrogens with zero attached hydrogens (tertiary/aromatic N) is 1. The van der Waals surface area contributed by atoms with Crippen LogP contribution in [0.15, 0.2) is 18.2 Å². The van der Waals surface area contributed by atoms with Gasteiger partial charge in [-0.1, -0.05) is 23.2 Å². The fraction of sp³-hybridized carbons (Fsp3) is 0.333. The van der Waals surface area contributed by atoms with E-state index >= 15 is 0 Å². The normalized spacial score (nSPS) is 18.1. The molecule has 0 spiro atoms. The number of carboxylic acid groups (broad SMARTS) is 1. The van der Waals surface area contributed by atoms with Crippen LogP contribution < -0.4 is 4.74 Å². The monoisotopic (exact) mass is 335 g/mol. The van der Waals surface area contributed by atoms with E-state index in [-0.39, 0.29) is 6.61 Å². The Morgan fingerprint density at radius 1 is 1.45 bits per heavy atom. The molecule has 5 nitrogen and oxygen atoms in total. The van der Waals surface area contributed by atoms with Gasteiger partial charge in [-0.2, -0.15) is 0 Å². The van der Waals surface area contributed by atoms with Crippen LogP contribution in [-0.4, -0.2) is 46.2 Å². The van der Waals surface area contributed by atoms with Crippen molar-refractivity contribution in [3.63, 3.8) is 0 Å². The van der Waals surface area contributed by atoms with Gasteiger partial charge in [0.05, 0.1) is 10.9 Å². The van der Waals surface area contributed by atoms with Crippen molar-refractivity contribution in [3.8, 4) is 5.75 Å². The average molecular weight is 336 g/mol. The Kier molecular flexibility index (Phi) is 5.01. The molecule has 1 aromatic carbocycles. The van der Waals surface area contributed by atoms with Gasteiger partial charge in [0.2, 0.25) is 0 Å². The van der Waals surface area contributed by atoms with Crippen molar-refractivity contribution in [1.82, 2.24) is 4.90 Å². The summed E-state index contributed by atoms with van der Waals surface area (Å²) in [4.78, 5) is 24.3. The maximum atomic E-state index is 12.0. The summed E-state index contributed by atoms with van der Waals surface area (Å²) >= 11 is 13.1. The predicted molar refractivity (Wildman–Crippen MR) is 77.6 cm³/mol.